The fourth-order valence-corrected chi connectivity index (χ4v) is 5.62. The van der Waals surface area contributed by atoms with Crippen LogP contribution in [0.2, 0.25) is 0 Å². The molecule has 0 saturated heterocycles. The molecule has 0 aromatic heterocycles. The Morgan fingerprint density at radius 1 is 0.545 bits per heavy atom. The van der Waals surface area contributed by atoms with Crippen molar-refractivity contribution in [2.45, 2.75) is 162 Å². The Kier molecular flexibility index (Phi) is 25.9. The Labute approximate surface area is 282 Å². The molecule has 0 fully saturated rings. The number of aliphatic imine (C=N–C) groups is 2. The van der Waals surface area contributed by atoms with Gasteiger partial charge in [-0.25, -0.2) is 4.99 Å². The third-order valence-electron chi connectivity index (χ3n) is 8.31. The summed E-state index contributed by atoms with van der Waals surface area (Å²) >= 11 is 0. The number of hydrogen-bond acceptors (Lipinski definition) is 2. The molecule has 0 N–H and O–H groups in total. The van der Waals surface area contributed by atoms with Gasteiger partial charge in [-0.1, -0.05) is 160 Å². The molecule has 248 valence electrons. The van der Waals surface area contributed by atoms with Gasteiger partial charge in [0.1, 0.15) is 0 Å². The van der Waals surface area contributed by atoms with Crippen LogP contribution in [0.1, 0.15) is 160 Å². The molecule has 0 aliphatic rings. The maximum Gasteiger partial charge on any atom is 0.0816 e. The molecule has 0 amide bonds. The van der Waals surface area contributed by atoms with Gasteiger partial charge in [-0.3, -0.25) is 4.99 Å². The molecule has 2 rings (SSSR count). The van der Waals surface area contributed by atoms with Crippen molar-refractivity contribution in [3.05, 3.63) is 71.8 Å². The van der Waals surface area contributed by atoms with E-state index < -0.39 is 0 Å². The Bertz CT molecular complexity index is 1040. The number of benzene rings is 2. The second-order valence-corrected chi connectivity index (χ2v) is 12.5. The number of allylic oxidation sites excluding steroid dienone is 2. The topological polar surface area (TPSA) is 24.7 Å². The molecular formula is C41H64N2Ni. The van der Waals surface area contributed by atoms with E-state index in [4.69, 9.17) is 9.98 Å². The number of aryl methyl sites for hydroxylation is 2. The SMILES string of the molecule is CCC/C=C/C(/C=N/c1cccc(CCCCCCCCCCC)c1)=N\c1cccc(CCCCCCCCCCC)c1.[Ni]. The molecule has 0 spiro atoms. The van der Waals surface area contributed by atoms with Gasteiger partial charge in [0.25, 0.3) is 0 Å². The second kappa shape index (κ2) is 28.5. The third-order valence-corrected chi connectivity index (χ3v) is 8.31. The Morgan fingerprint density at radius 3 is 1.50 bits per heavy atom. The summed E-state index contributed by atoms with van der Waals surface area (Å²) < 4.78 is 0. The van der Waals surface area contributed by atoms with E-state index in [0.717, 1.165) is 42.8 Å². The Balaban J connectivity index is 0.00000968. The zero-order valence-electron chi connectivity index (χ0n) is 28.6. The third kappa shape index (κ3) is 20.9. The Morgan fingerprint density at radius 2 is 1.00 bits per heavy atom. The van der Waals surface area contributed by atoms with E-state index in [9.17, 15) is 0 Å². The van der Waals surface area contributed by atoms with Gasteiger partial charge in [-0.2, -0.15) is 0 Å². The minimum Gasteiger partial charge on any atom is -0.255 e. The summed E-state index contributed by atoms with van der Waals surface area (Å²) in [7, 11) is 0. The first kappa shape index (κ1) is 40.0. The van der Waals surface area contributed by atoms with E-state index in [0.29, 0.717) is 0 Å². The van der Waals surface area contributed by atoms with Gasteiger partial charge in [0.2, 0.25) is 0 Å². The summed E-state index contributed by atoms with van der Waals surface area (Å²) in [5, 5.41) is 0. The minimum absolute atomic E-state index is 0. The van der Waals surface area contributed by atoms with Crippen LogP contribution < -0.4 is 0 Å². The van der Waals surface area contributed by atoms with Gasteiger partial charge in [-0.15, -0.1) is 0 Å². The van der Waals surface area contributed by atoms with E-state index in [1.165, 1.54) is 127 Å². The number of nitrogens with zero attached hydrogens (tertiary/aromatic N) is 2. The van der Waals surface area contributed by atoms with Gasteiger partial charge in [0, 0.05) is 16.5 Å². The molecule has 0 heterocycles. The summed E-state index contributed by atoms with van der Waals surface area (Å²) in [6, 6.07) is 17.5. The summed E-state index contributed by atoms with van der Waals surface area (Å²) in [6.07, 6.45) is 35.4. The van der Waals surface area contributed by atoms with Crippen LogP contribution in [0.4, 0.5) is 11.4 Å². The van der Waals surface area contributed by atoms with Crippen molar-refractivity contribution in [3.8, 4) is 0 Å². The van der Waals surface area contributed by atoms with Crippen molar-refractivity contribution in [2.75, 3.05) is 0 Å². The van der Waals surface area contributed by atoms with Crippen LogP contribution in [0.15, 0.2) is 70.7 Å². The smallest absolute Gasteiger partial charge is 0.0816 e. The van der Waals surface area contributed by atoms with E-state index >= 15 is 0 Å². The molecule has 0 aliphatic carbocycles. The van der Waals surface area contributed by atoms with E-state index in [-0.39, 0.29) is 16.5 Å². The monoisotopic (exact) mass is 642 g/mol. The van der Waals surface area contributed by atoms with Gasteiger partial charge in [-0.05, 0) is 73.6 Å². The molecule has 44 heavy (non-hydrogen) atoms. The predicted molar refractivity (Wildman–Crippen MR) is 194 cm³/mol. The van der Waals surface area contributed by atoms with E-state index in [2.05, 4.69) is 81.5 Å². The fraction of sp³-hybridized carbons (Fsp3) is 0.610. The maximum absolute atomic E-state index is 5.00. The summed E-state index contributed by atoms with van der Waals surface area (Å²) in [5.74, 6) is 0. The quantitative estimate of drug-likeness (QED) is 0.0554. The number of unbranched alkanes of at least 4 members (excludes halogenated alkanes) is 17. The van der Waals surface area contributed by atoms with Crippen molar-refractivity contribution in [2.24, 2.45) is 9.98 Å². The zero-order valence-corrected chi connectivity index (χ0v) is 29.6. The van der Waals surface area contributed by atoms with Crippen LogP contribution in [-0.4, -0.2) is 11.9 Å². The van der Waals surface area contributed by atoms with Crippen LogP contribution in [0.5, 0.6) is 0 Å². The van der Waals surface area contributed by atoms with Gasteiger partial charge < -0.3 is 0 Å². The molecular weight excluding hydrogens is 579 g/mol. The molecule has 2 aromatic rings. The van der Waals surface area contributed by atoms with Gasteiger partial charge in [0.05, 0.1) is 23.3 Å². The molecule has 0 saturated carbocycles. The first-order chi connectivity index (χ1) is 21.2. The molecule has 0 bridgehead atoms. The molecule has 0 unspecified atom stereocenters. The van der Waals surface area contributed by atoms with Crippen molar-refractivity contribution in [1.82, 2.24) is 0 Å². The molecule has 2 aromatic carbocycles. The molecule has 0 aliphatic heterocycles. The minimum atomic E-state index is 0. The van der Waals surface area contributed by atoms with Crippen molar-refractivity contribution in [1.29, 1.82) is 0 Å². The predicted octanol–water partition coefficient (Wildman–Crippen LogP) is 13.7. The first-order valence-corrected chi connectivity index (χ1v) is 18.2. The molecule has 0 atom stereocenters. The summed E-state index contributed by atoms with van der Waals surface area (Å²) in [6.45, 7) is 6.79. The van der Waals surface area contributed by atoms with Crippen molar-refractivity contribution >= 4 is 23.3 Å². The fourth-order valence-electron chi connectivity index (χ4n) is 5.62. The standard InChI is InChI=1S/C41H64N2.Ni/c1-4-7-10-12-14-16-18-20-23-27-37-29-25-32-39(34-37)42-36-41(31-22-9-6-3)43-40-33-26-30-38(35-40)28-24-21-19-17-15-13-11-8-5-2;/h22,25-26,29-36H,4-21,23-24,27-28H2,1-3H3;/b31-22+,42-36+,43-41+;. The van der Waals surface area contributed by atoms with E-state index in [1.807, 2.05) is 6.21 Å². The maximum atomic E-state index is 5.00. The molecule has 0 radical (unpaired) electrons. The van der Waals surface area contributed by atoms with Crippen LogP contribution in [0.25, 0.3) is 0 Å². The van der Waals surface area contributed by atoms with Gasteiger partial charge >= 0.3 is 0 Å². The molecule has 2 nitrogen and oxygen atoms in total. The summed E-state index contributed by atoms with van der Waals surface area (Å²) in [4.78, 5) is 9.86. The largest absolute Gasteiger partial charge is 0.255 e. The second-order valence-electron chi connectivity index (χ2n) is 12.5. The average molecular weight is 644 g/mol. The van der Waals surface area contributed by atoms with Crippen LogP contribution in [0, 0.1) is 0 Å². The van der Waals surface area contributed by atoms with Crippen molar-refractivity contribution < 1.29 is 16.5 Å². The first-order valence-electron chi connectivity index (χ1n) is 18.2. The number of rotatable bonds is 26. The Hall–Kier alpha value is -1.99. The van der Waals surface area contributed by atoms with Gasteiger partial charge in [0.15, 0.2) is 0 Å². The average Bonchev–Trinajstić information content (AvgIpc) is 3.02. The van der Waals surface area contributed by atoms with E-state index in [1.54, 1.807) is 0 Å². The zero-order chi connectivity index (χ0) is 30.6. The number of hydrogen-bond donors (Lipinski definition) is 0. The molecule has 3 heteroatoms. The van der Waals surface area contributed by atoms with Crippen LogP contribution >= 0.6 is 0 Å². The van der Waals surface area contributed by atoms with Crippen LogP contribution in [0.3, 0.4) is 0 Å². The normalized spacial score (nSPS) is 11.9. The summed E-state index contributed by atoms with van der Waals surface area (Å²) in [5.41, 5.74) is 5.74. The van der Waals surface area contributed by atoms with Crippen LogP contribution in [-0.2, 0) is 29.3 Å². The van der Waals surface area contributed by atoms with Crippen molar-refractivity contribution in [3.63, 3.8) is 0 Å².